The van der Waals surface area contributed by atoms with Crippen molar-refractivity contribution in [3.05, 3.63) is 60.2 Å². The summed E-state index contributed by atoms with van der Waals surface area (Å²) < 4.78 is 5.57. The van der Waals surface area contributed by atoms with Gasteiger partial charge in [-0.1, -0.05) is 18.2 Å². The van der Waals surface area contributed by atoms with Gasteiger partial charge in [0.05, 0.1) is 6.61 Å². The highest BCUT2D eigenvalue weighted by atomic mass is 16.5. The van der Waals surface area contributed by atoms with Gasteiger partial charge >= 0.3 is 0 Å². The van der Waals surface area contributed by atoms with Crippen LogP contribution >= 0.6 is 0 Å². The molecule has 0 unspecified atom stereocenters. The Kier molecular flexibility index (Phi) is 7.17. The molecule has 138 valence electrons. The predicted octanol–water partition coefficient (Wildman–Crippen LogP) is 2.23. The molecule has 26 heavy (non-hydrogen) atoms. The summed E-state index contributed by atoms with van der Waals surface area (Å²) in [5.41, 5.74) is 1.29. The Labute approximate surface area is 153 Å². The summed E-state index contributed by atoms with van der Waals surface area (Å²) in [4.78, 5) is 26.0. The minimum atomic E-state index is -0.267. The fraction of sp³-hybridized carbons (Fsp3) is 0.300. The molecule has 6 heteroatoms. The molecular formula is C20H24N2O4. The van der Waals surface area contributed by atoms with Crippen LogP contribution in [-0.4, -0.2) is 42.7 Å². The van der Waals surface area contributed by atoms with Gasteiger partial charge < -0.3 is 20.1 Å². The minimum Gasteiger partial charge on any atom is -0.484 e. The lowest BCUT2D eigenvalue weighted by Gasteiger charge is -2.26. The molecule has 0 atom stereocenters. The van der Waals surface area contributed by atoms with E-state index >= 15 is 0 Å². The van der Waals surface area contributed by atoms with Gasteiger partial charge in [-0.15, -0.1) is 0 Å². The van der Waals surface area contributed by atoms with E-state index in [0.29, 0.717) is 11.3 Å². The number of hydrogen-bond donors (Lipinski definition) is 2. The van der Waals surface area contributed by atoms with Gasteiger partial charge in [0.1, 0.15) is 5.75 Å². The highest BCUT2D eigenvalue weighted by Crippen LogP contribution is 2.18. The summed E-state index contributed by atoms with van der Waals surface area (Å²) in [7, 11) is 0. The highest BCUT2D eigenvalue weighted by molar-refractivity contribution is 5.95. The van der Waals surface area contributed by atoms with E-state index in [1.54, 1.807) is 29.2 Å². The van der Waals surface area contributed by atoms with Crippen LogP contribution in [0.1, 0.15) is 24.2 Å². The zero-order chi connectivity index (χ0) is 18.9. The van der Waals surface area contributed by atoms with Crippen molar-refractivity contribution in [2.45, 2.75) is 19.9 Å². The summed E-state index contributed by atoms with van der Waals surface area (Å²) in [6.45, 7) is 3.90. The van der Waals surface area contributed by atoms with E-state index in [0.717, 1.165) is 5.69 Å². The number of aliphatic hydroxyl groups excluding tert-OH is 1. The zero-order valence-corrected chi connectivity index (χ0v) is 15.0. The third-order valence-electron chi connectivity index (χ3n) is 3.70. The van der Waals surface area contributed by atoms with Gasteiger partial charge in [0.15, 0.2) is 6.61 Å². The van der Waals surface area contributed by atoms with Gasteiger partial charge in [0, 0.05) is 23.8 Å². The molecule has 6 nitrogen and oxygen atoms in total. The van der Waals surface area contributed by atoms with Crippen molar-refractivity contribution in [1.82, 2.24) is 5.32 Å². The van der Waals surface area contributed by atoms with Gasteiger partial charge in [-0.05, 0) is 50.2 Å². The second-order valence-corrected chi connectivity index (χ2v) is 5.99. The van der Waals surface area contributed by atoms with Crippen LogP contribution in [0.15, 0.2) is 54.6 Å². The van der Waals surface area contributed by atoms with E-state index < -0.39 is 0 Å². The molecule has 0 saturated carbocycles. The number of hydrogen-bond acceptors (Lipinski definition) is 4. The number of rotatable bonds is 8. The topological polar surface area (TPSA) is 78.9 Å². The second-order valence-electron chi connectivity index (χ2n) is 5.99. The number of ether oxygens (including phenoxy) is 1. The largest absolute Gasteiger partial charge is 0.484 e. The lowest BCUT2D eigenvalue weighted by atomic mass is 10.2. The number of nitrogens with one attached hydrogen (secondary N) is 1. The molecule has 0 aliphatic rings. The SMILES string of the molecule is CC(C)N(C(=O)COc1ccc(C(=O)NCCO)cc1)c1ccccc1. The Morgan fingerprint density at radius 1 is 1.08 bits per heavy atom. The van der Waals surface area contributed by atoms with E-state index in [-0.39, 0.29) is 37.6 Å². The lowest BCUT2D eigenvalue weighted by molar-refractivity contribution is -0.120. The first-order valence-corrected chi connectivity index (χ1v) is 8.52. The van der Waals surface area contributed by atoms with Crippen molar-refractivity contribution in [2.24, 2.45) is 0 Å². The zero-order valence-electron chi connectivity index (χ0n) is 15.0. The standard InChI is InChI=1S/C20H24N2O4/c1-15(2)22(17-6-4-3-5-7-17)19(24)14-26-18-10-8-16(9-11-18)20(25)21-12-13-23/h3-11,15,23H,12-14H2,1-2H3,(H,21,25). The number of carbonyl (C=O) groups is 2. The maximum Gasteiger partial charge on any atom is 0.265 e. The van der Waals surface area contributed by atoms with Crippen LogP contribution < -0.4 is 15.0 Å². The second kappa shape index (κ2) is 9.58. The molecule has 0 heterocycles. The Morgan fingerprint density at radius 3 is 2.31 bits per heavy atom. The van der Waals surface area contributed by atoms with Crippen LogP contribution in [0.5, 0.6) is 5.75 Å². The van der Waals surface area contributed by atoms with E-state index in [2.05, 4.69) is 5.32 Å². The van der Waals surface area contributed by atoms with Gasteiger partial charge in [-0.3, -0.25) is 9.59 Å². The average molecular weight is 356 g/mol. The van der Waals surface area contributed by atoms with Crippen molar-refractivity contribution in [3.8, 4) is 5.75 Å². The molecule has 2 amide bonds. The molecule has 0 saturated heterocycles. The number of benzene rings is 2. The van der Waals surface area contributed by atoms with Crippen LogP contribution in [0, 0.1) is 0 Å². The van der Waals surface area contributed by atoms with Gasteiger partial charge in [0.2, 0.25) is 0 Å². The molecule has 0 bridgehead atoms. The lowest BCUT2D eigenvalue weighted by Crippen LogP contribution is -2.40. The first kappa shape index (κ1) is 19.5. The van der Waals surface area contributed by atoms with E-state index in [1.807, 2.05) is 44.2 Å². The average Bonchev–Trinajstić information content (AvgIpc) is 2.65. The van der Waals surface area contributed by atoms with Gasteiger partial charge in [0.25, 0.3) is 11.8 Å². The van der Waals surface area contributed by atoms with E-state index in [1.165, 1.54) is 0 Å². The smallest absolute Gasteiger partial charge is 0.265 e. The van der Waals surface area contributed by atoms with Crippen LogP contribution in [0.4, 0.5) is 5.69 Å². The number of para-hydroxylation sites is 1. The Bertz CT molecular complexity index is 714. The molecular weight excluding hydrogens is 332 g/mol. The van der Waals surface area contributed by atoms with Crippen LogP contribution in [0.3, 0.4) is 0 Å². The fourth-order valence-corrected chi connectivity index (χ4v) is 2.51. The summed E-state index contributed by atoms with van der Waals surface area (Å²) in [6, 6.07) is 16.0. The van der Waals surface area contributed by atoms with Crippen molar-refractivity contribution in [1.29, 1.82) is 0 Å². The summed E-state index contributed by atoms with van der Waals surface area (Å²) >= 11 is 0. The maximum absolute atomic E-state index is 12.6. The maximum atomic E-state index is 12.6. The molecule has 2 N–H and O–H groups in total. The molecule has 0 fully saturated rings. The van der Waals surface area contributed by atoms with E-state index in [9.17, 15) is 9.59 Å². The summed E-state index contributed by atoms with van der Waals surface area (Å²) in [5.74, 6) is 0.0986. The Balaban J connectivity index is 1.96. The number of aliphatic hydroxyl groups is 1. The van der Waals surface area contributed by atoms with Gasteiger partial charge in [-0.2, -0.15) is 0 Å². The quantitative estimate of drug-likeness (QED) is 0.760. The van der Waals surface area contributed by atoms with Crippen molar-refractivity contribution < 1.29 is 19.4 Å². The molecule has 0 aromatic heterocycles. The van der Waals surface area contributed by atoms with Crippen molar-refractivity contribution in [3.63, 3.8) is 0 Å². The Hall–Kier alpha value is -2.86. The third-order valence-corrected chi connectivity index (χ3v) is 3.70. The van der Waals surface area contributed by atoms with Crippen molar-refractivity contribution in [2.75, 3.05) is 24.7 Å². The first-order valence-electron chi connectivity index (χ1n) is 8.52. The molecule has 2 rings (SSSR count). The minimum absolute atomic E-state index is 0.00565. The van der Waals surface area contributed by atoms with Crippen molar-refractivity contribution >= 4 is 17.5 Å². The normalized spacial score (nSPS) is 10.5. The molecule has 2 aromatic rings. The van der Waals surface area contributed by atoms with Crippen LogP contribution in [0.25, 0.3) is 0 Å². The molecule has 0 spiro atoms. The molecule has 2 aromatic carbocycles. The van der Waals surface area contributed by atoms with E-state index in [4.69, 9.17) is 9.84 Å². The number of nitrogens with zero attached hydrogens (tertiary/aromatic N) is 1. The fourth-order valence-electron chi connectivity index (χ4n) is 2.51. The number of anilines is 1. The molecule has 0 aliphatic carbocycles. The highest BCUT2D eigenvalue weighted by Gasteiger charge is 2.19. The predicted molar refractivity (Wildman–Crippen MR) is 100 cm³/mol. The van der Waals surface area contributed by atoms with Crippen LogP contribution in [-0.2, 0) is 4.79 Å². The molecule has 0 aliphatic heterocycles. The van der Waals surface area contributed by atoms with Crippen LogP contribution in [0.2, 0.25) is 0 Å². The molecule has 0 radical (unpaired) electrons. The summed E-state index contributed by atoms with van der Waals surface area (Å²) in [6.07, 6.45) is 0. The monoisotopic (exact) mass is 356 g/mol. The summed E-state index contributed by atoms with van der Waals surface area (Å²) in [5, 5.41) is 11.3. The number of carbonyl (C=O) groups excluding carboxylic acids is 2. The first-order chi connectivity index (χ1) is 12.5. The number of amides is 2. The third kappa shape index (κ3) is 5.32. The van der Waals surface area contributed by atoms with Gasteiger partial charge in [-0.25, -0.2) is 0 Å². The Morgan fingerprint density at radius 2 is 1.73 bits per heavy atom.